The molecule has 1 aliphatic heterocycles. The molecule has 0 aromatic carbocycles. The minimum Gasteiger partial charge on any atom is -0.464 e. The highest BCUT2D eigenvalue weighted by Crippen LogP contribution is 2.33. The van der Waals surface area contributed by atoms with Gasteiger partial charge < -0.3 is 10.5 Å². The van der Waals surface area contributed by atoms with Gasteiger partial charge in [-0.05, 0) is 25.2 Å². The van der Waals surface area contributed by atoms with Crippen LogP contribution in [0.1, 0.15) is 40.0 Å². The predicted octanol–water partition coefficient (Wildman–Crippen LogP) is 1.46. The van der Waals surface area contributed by atoms with Crippen LogP contribution in [-0.4, -0.2) is 18.1 Å². The molecule has 1 atom stereocenters. The van der Waals surface area contributed by atoms with Crippen LogP contribution in [0.4, 0.5) is 0 Å². The highest BCUT2D eigenvalue weighted by molar-refractivity contribution is 5.69. The fourth-order valence-electron chi connectivity index (χ4n) is 1.99. The van der Waals surface area contributed by atoms with E-state index in [1.54, 1.807) is 0 Å². The molecular weight excluding hydrogens is 166 g/mol. The lowest BCUT2D eigenvalue weighted by Crippen LogP contribution is -2.46. The number of nitrogens with two attached hydrogens (primary N) is 1. The number of hydrogen-bond acceptors (Lipinski definition) is 3. The Morgan fingerprint density at radius 1 is 1.38 bits per heavy atom. The summed E-state index contributed by atoms with van der Waals surface area (Å²) < 4.78 is 5.03. The molecule has 0 spiro atoms. The van der Waals surface area contributed by atoms with E-state index < -0.39 is 0 Å². The van der Waals surface area contributed by atoms with Gasteiger partial charge in [-0.1, -0.05) is 13.8 Å². The van der Waals surface area contributed by atoms with E-state index in [9.17, 15) is 4.79 Å². The Labute approximate surface area is 79.6 Å². The van der Waals surface area contributed by atoms with E-state index >= 15 is 0 Å². The second-order valence-electron chi connectivity index (χ2n) is 5.16. The molecule has 2 N–H and O–H groups in total. The third kappa shape index (κ3) is 3.35. The number of hydrogen-bond donors (Lipinski definition) is 1. The molecule has 0 aromatic heterocycles. The van der Waals surface area contributed by atoms with Crippen molar-refractivity contribution in [2.75, 3.05) is 6.61 Å². The van der Waals surface area contributed by atoms with E-state index in [0.717, 1.165) is 12.8 Å². The fraction of sp³-hybridized carbons (Fsp3) is 0.900. The van der Waals surface area contributed by atoms with Crippen molar-refractivity contribution in [3.05, 3.63) is 0 Å². The standard InChI is InChI=1S/C10H19NO2/c1-9(2)5-4-8(12)13-7-10(3,11)6-9/h4-7,11H2,1-3H3. The Hall–Kier alpha value is -0.570. The molecule has 0 amide bonds. The van der Waals surface area contributed by atoms with Gasteiger partial charge in [-0.25, -0.2) is 0 Å². The molecule has 1 heterocycles. The maximum Gasteiger partial charge on any atom is 0.305 e. The summed E-state index contributed by atoms with van der Waals surface area (Å²) in [5.74, 6) is -0.121. The van der Waals surface area contributed by atoms with Gasteiger partial charge in [-0.2, -0.15) is 0 Å². The average molecular weight is 185 g/mol. The predicted molar refractivity (Wildman–Crippen MR) is 51.2 cm³/mol. The first kappa shape index (κ1) is 10.5. The number of carbonyl (C=O) groups is 1. The van der Waals surface area contributed by atoms with Gasteiger partial charge in [-0.3, -0.25) is 4.79 Å². The first-order valence-corrected chi connectivity index (χ1v) is 4.75. The minimum absolute atomic E-state index is 0.121. The molecule has 1 rings (SSSR count). The molecule has 0 saturated carbocycles. The van der Waals surface area contributed by atoms with Crippen molar-refractivity contribution in [3.8, 4) is 0 Å². The SMILES string of the molecule is CC1(C)CCC(=O)OCC(C)(N)C1. The minimum atomic E-state index is -0.375. The third-order valence-corrected chi connectivity index (χ3v) is 2.45. The molecule has 76 valence electrons. The zero-order chi connectivity index (χ0) is 10.1. The van der Waals surface area contributed by atoms with Gasteiger partial charge in [0, 0.05) is 12.0 Å². The van der Waals surface area contributed by atoms with Gasteiger partial charge in [0.05, 0.1) is 0 Å². The maximum atomic E-state index is 11.1. The van der Waals surface area contributed by atoms with Crippen molar-refractivity contribution in [1.82, 2.24) is 0 Å². The summed E-state index contributed by atoms with van der Waals surface area (Å²) in [6.07, 6.45) is 2.27. The van der Waals surface area contributed by atoms with Crippen molar-refractivity contribution in [2.45, 2.75) is 45.6 Å². The molecular formula is C10H19NO2. The second kappa shape index (κ2) is 3.29. The first-order chi connectivity index (χ1) is 5.81. The van der Waals surface area contributed by atoms with Crippen LogP contribution in [0.15, 0.2) is 0 Å². The quantitative estimate of drug-likeness (QED) is 0.581. The summed E-state index contributed by atoms with van der Waals surface area (Å²) in [4.78, 5) is 11.1. The van der Waals surface area contributed by atoms with E-state index in [1.807, 2.05) is 6.92 Å². The molecule has 3 heteroatoms. The average Bonchev–Trinajstić information content (AvgIpc) is 1.94. The van der Waals surface area contributed by atoms with Crippen molar-refractivity contribution in [1.29, 1.82) is 0 Å². The molecule has 0 aromatic rings. The van der Waals surface area contributed by atoms with Crippen molar-refractivity contribution < 1.29 is 9.53 Å². The van der Waals surface area contributed by atoms with Gasteiger partial charge in [0.15, 0.2) is 0 Å². The molecule has 1 aliphatic rings. The van der Waals surface area contributed by atoms with Crippen LogP contribution in [0.25, 0.3) is 0 Å². The summed E-state index contributed by atoms with van der Waals surface area (Å²) in [5.41, 5.74) is 5.77. The molecule has 1 saturated heterocycles. The Morgan fingerprint density at radius 2 is 2.00 bits per heavy atom. The number of esters is 1. The lowest BCUT2D eigenvalue weighted by molar-refractivity contribution is -0.148. The first-order valence-electron chi connectivity index (χ1n) is 4.75. The largest absolute Gasteiger partial charge is 0.464 e. The smallest absolute Gasteiger partial charge is 0.305 e. The zero-order valence-corrected chi connectivity index (χ0v) is 8.72. The van der Waals surface area contributed by atoms with Crippen LogP contribution < -0.4 is 5.73 Å². The summed E-state index contributed by atoms with van der Waals surface area (Å²) in [6, 6.07) is 0. The van der Waals surface area contributed by atoms with E-state index in [4.69, 9.17) is 10.5 Å². The Morgan fingerprint density at radius 3 is 2.62 bits per heavy atom. The molecule has 0 aliphatic carbocycles. The van der Waals surface area contributed by atoms with Crippen molar-refractivity contribution >= 4 is 5.97 Å². The lowest BCUT2D eigenvalue weighted by atomic mass is 9.76. The Balaban J connectivity index is 2.70. The monoisotopic (exact) mass is 185 g/mol. The van der Waals surface area contributed by atoms with Crippen LogP contribution in [0, 0.1) is 5.41 Å². The van der Waals surface area contributed by atoms with Gasteiger partial charge >= 0.3 is 5.97 Å². The van der Waals surface area contributed by atoms with Crippen LogP contribution in [0.2, 0.25) is 0 Å². The Kier molecular flexibility index (Phi) is 2.66. The van der Waals surface area contributed by atoms with Gasteiger partial charge in [0.1, 0.15) is 6.61 Å². The fourth-order valence-corrected chi connectivity index (χ4v) is 1.99. The molecule has 13 heavy (non-hydrogen) atoms. The van der Waals surface area contributed by atoms with E-state index in [-0.39, 0.29) is 16.9 Å². The number of cyclic esters (lactones) is 1. The molecule has 1 fully saturated rings. The summed E-state index contributed by atoms with van der Waals surface area (Å²) >= 11 is 0. The highest BCUT2D eigenvalue weighted by atomic mass is 16.5. The zero-order valence-electron chi connectivity index (χ0n) is 8.72. The highest BCUT2D eigenvalue weighted by Gasteiger charge is 2.33. The Bertz CT molecular complexity index is 189. The lowest BCUT2D eigenvalue weighted by Gasteiger charge is -2.36. The van der Waals surface area contributed by atoms with Crippen molar-refractivity contribution in [2.24, 2.45) is 11.1 Å². The number of carbonyl (C=O) groups excluding carboxylic acids is 1. The molecule has 1 unspecified atom stereocenters. The van der Waals surface area contributed by atoms with Crippen LogP contribution in [-0.2, 0) is 9.53 Å². The van der Waals surface area contributed by atoms with E-state index in [2.05, 4.69) is 13.8 Å². The summed E-state index contributed by atoms with van der Waals surface area (Å²) in [7, 11) is 0. The van der Waals surface area contributed by atoms with E-state index in [1.165, 1.54) is 0 Å². The van der Waals surface area contributed by atoms with Gasteiger partial charge in [0.25, 0.3) is 0 Å². The summed E-state index contributed by atoms with van der Waals surface area (Å²) in [6.45, 7) is 6.58. The number of rotatable bonds is 0. The molecule has 3 nitrogen and oxygen atoms in total. The van der Waals surface area contributed by atoms with Crippen LogP contribution in [0.3, 0.4) is 0 Å². The molecule has 0 bridgehead atoms. The number of ether oxygens (including phenoxy) is 1. The van der Waals surface area contributed by atoms with E-state index in [0.29, 0.717) is 13.0 Å². The van der Waals surface area contributed by atoms with Crippen LogP contribution >= 0.6 is 0 Å². The van der Waals surface area contributed by atoms with Crippen LogP contribution in [0.5, 0.6) is 0 Å². The molecule has 0 radical (unpaired) electrons. The van der Waals surface area contributed by atoms with Crippen molar-refractivity contribution in [3.63, 3.8) is 0 Å². The normalized spacial score (nSPS) is 34.6. The maximum absolute atomic E-state index is 11.1. The topological polar surface area (TPSA) is 52.3 Å². The third-order valence-electron chi connectivity index (χ3n) is 2.45. The van der Waals surface area contributed by atoms with Gasteiger partial charge in [0.2, 0.25) is 0 Å². The second-order valence-corrected chi connectivity index (χ2v) is 5.16. The van der Waals surface area contributed by atoms with Gasteiger partial charge in [-0.15, -0.1) is 0 Å². The summed E-state index contributed by atoms with van der Waals surface area (Å²) in [5, 5.41) is 0.